The Morgan fingerprint density at radius 1 is 1.41 bits per heavy atom. The summed E-state index contributed by atoms with van der Waals surface area (Å²) in [5.41, 5.74) is 5.61. The summed E-state index contributed by atoms with van der Waals surface area (Å²) in [5, 5.41) is 1.97. The molecule has 0 saturated carbocycles. The summed E-state index contributed by atoms with van der Waals surface area (Å²) in [6.07, 6.45) is 0. The molecule has 0 amide bonds. The minimum atomic E-state index is -0.457. The minimum Gasteiger partial charge on any atom is -0.488 e. The van der Waals surface area contributed by atoms with Crippen LogP contribution < -0.4 is 10.5 Å². The second-order valence-corrected chi connectivity index (χ2v) is 4.85. The number of benzene rings is 1. The minimum absolute atomic E-state index is 0.0484. The molecular weight excluding hydrogens is 257 g/mol. The highest BCUT2D eigenvalue weighted by molar-refractivity contribution is 7.80. The average Bonchev–Trinajstić information content (AvgIpc) is 2.78. The molecule has 0 spiro atoms. The maximum Gasteiger partial charge on any atom is 0.137 e. The van der Waals surface area contributed by atoms with E-state index in [1.54, 1.807) is 17.4 Å². The van der Waals surface area contributed by atoms with Gasteiger partial charge >= 0.3 is 0 Å². The molecule has 5 heteroatoms. The van der Waals surface area contributed by atoms with Crippen LogP contribution in [0.15, 0.2) is 35.7 Å². The van der Waals surface area contributed by atoms with Crippen molar-refractivity contribution in [3.63, 3.8) is 0 Å². The molecule has 17 heavy (non-hydrogen) atoms. The first-order valence-corrected chi connectivity index (χ1v) is 6.20. The van der Waals surface area contributed by atoms with Crippen molar-refractivity contribution in [3.8, 4) is 5.75 Å². The van der Waals surface area contributed by atoms with Gasteiger partial charge in [0.05, 0.1) is 0 Å². The Morgan fingerprint density at radius 3 is 2.82 bits per heavy atom. The lowest BCUT2D eigenvalue weighted by atomic mass is 10.2. The van der Waals surface area contributed by atoms with E-state index in [-0.39, 0.29) is 10.6 Å². The smallest absolute Gasteiger partial charge is 0.137 e. The molecule has 1 aromatic heterocycles. The zero-order chi connectivity index (χ0) is 12.3. The molecule has 1 heterocycles. The molecule has 0 fully saturated rings. The normalized spacial score (nSPS) is 10.2. The molecular formula is C12H10FNOS2. The number of thiophene rings is 1. The fraction of sp³-hybridized carbons (Fsp3) is 0.0833. The topological polar surface area (TPSA) is 35.2 Å². The SMILES string of the molecule is NC(=S)c1ccc(OCc2cccs2)cc1F. The molecule has 0 radical (unpaired) electrons. The van der Waals surface area contributed by atoms with Crippen molar-refractivity contribution in [2.75, 3.05) is 0 Å². The highest BCUT2D eigenvalue weighted by atomic mass is 32.1. The first-order chi connectivity index (χ1) is 8.16. The molecule has 1 aromatic carbocycles. The van der Waals surface area contributed by atoms with Gasteiger partial charge in [0.1, 0.15) is 23.2 Å². The molecule has 2 N–H and O–H groups in total. The number of hydrogen-bond donors (Lipinski definition) is 1. The van der Waals surface area contributed by atoms with Crippen LogP contribution in [-0.2, 0) is 6.61 Å². The lowest BCUT2D eigenvalue weighted by Gasteiger charge is -2.06. The van der Waals surface area contributed by atoms with E-state index in [0.717, 1.165) is 4.88 Å². The summed E-state index contributed by atoms with van der Waals surface area (Å²) in [6, 6.07) is 8.39. The molecule has 0 atom stereocenters. The predicted octanol–water partition coefficient (Wildman–Crippen LogP) is 3.10. The zero-order valence-corrected chi connectivity index (χ0v) is 10.5. The van der Waals surface area contributed by atoms with Crippen molar-refractivity contribution < 1.29 is 9.13 Å². The van der Waals surface area contributed by atoms with Crippen LogP contribution in [0.25, 0.3) is 0 Å². The monoisotopic (exact) mass is 267 g/mol. The first-order valence-electron chi connectivity index (χ1n) is 4.91. The van der Waals surface area contributed by atoms with E-state index in [1.807, 2.05) is 17.5 Å². The van der Waals surface area contributed by atoms with Crippen LogP contribution in [0.5, 0.6) is 5.75 Å². The van der Waals surface area contributed by atoms with E-state index >= 15 is 0 Å². The highest BCUT2D eigenvalue weighted by Crippen LogP contribution is 2.19. The van der Waals surface area contributed by atoms with Gasteiger partial charge in [0.15, 0.2) is 0 Å². The van der Waals surface area contributed by atoms with Gasteiger partial charge in [0.25, 0.3) is 0 Å². The molecule has 2 rings (SSSR count). The fourth-order valence-electron chi connectivity index (χ4n) is 1.33. The third-order valence-electron chi connectivity index (χ3n) is 2.17. The van der Waals surface area contributed by atoms with E-state index in [0.29, 0.717) is 12.4 Å². The molecule has 0 aliphatic carbocycles. The standard InChI is InChI=1S/C12H10FNOS2/c13-11-6-8(3-4-10(11)12(14)16)15-7-9-2-1-5-17-9/h1-6H,7H2,(H2,14,16). The van der Waals surface area contributed by atoms with Crippen molar-refractivity contribution in [2.45, 2.75) is 6.61 Å². The molecule has 2 aromatic rings. The van der Waals surface area contributed by atoms with Gasteiger partial charge in [0, 0.05) is 16.5 Å². The third-order valence-corrected chi connectivity index (χ3v) is 3.24. The summed E-state index contributed by atoms with van der Waals surface area (Å²) in [6.45, 7) is 0.434. The lowest BCUT2D eigenvalue weighted by Crippen LogP contribution is -2.11. The van der Waals surface area contributed by atoms with Crippen LogP contribution in [0.1, 0.15) is 10.4 Å². The van der Waals surface area contributed by atoms with E-state index in [9.17, 15) is 4.39 Å². The molecule has 0 aliphatic heterocycles. The molecule has 0 bridgehead atoms. The van der Waals surface area contributed by atoms with Crippen molar-refractivity contribution in [3.05, 3.63) is 52.0 Å². The van der Waals surface area contributed by atoms with Gasteiger partial charge in [-0.05, 0) is 23.6 Å². The van der Waals surface area contributed by atoms with Crippen LogP contribution >= 0.6 is 23.6 Å². The zero-order valence-electron chi connectivity index (χ0n) is 8.85. The number of rotatable bonds is 4. The summed E-state index contributed by atoms with van der Waals surface area (Å²) in [5.74, 6) is 0.0112. The Kier molecular flexibility index (Phi) is 3.71. The van der Waals surface area contributed by atoms with E-state index < -0.39 is 5.82 Å². The van der Waals surface area contributed by atoms with Gasteiger partial charge < -0.3 is 10.5 Å². The second kappa shape index (κ2) is 5.25. The van der Waals surface area contributed by atoms with E-state index in [2.05, 4.69) is 0 Å². The Bertz CT molecular complexity index is 525. The largest absolute Gasteiger partial charge is 0.488 e. The van der Waals surface area contributed by atoms with Crippen LogP contribution in [0.2, 0.25) is 0 Å². The van der Waals surface area contributed by atoms with Crippen LogP contribution in [-0.4, -0.2) is 4.99 Å². The summed E-state index contributed by atoms with van der Waals surface area (Å²) < 4.78 is 19.0. The Balaban J connectivity index is 2.07. The number of hydrogen-bond acceptors (Lipinski definition) is 3. The highest BCUT2D eigenvalue weighted by Gasteiger charge is 2.06. The van der Waals surface area contributed by atoms with Gasteiger partial charge in [-0.1, -0.05) is 18.3 Å². The average molecular weight is 267 g/mol. The predicted molar refractivity (Wildman–Crippen MR) is 70.9 cm³/mol. The first kappa shape index (κ1) is 12.0. The fourth-order valence-corrected chi connectivity index (χ4v) is 2.12. The van der Waals surface area contributed by atoms with Gasteiger partial charge in [-0.15, -0.1) is 11.3 Å². The van der Waals surface area contributed by atoms with Crippen LogP contribution in [0, 0.1) is 5.82 Å². The molecule has 0 saturated heterocycles. The third kappa shape index (κ3) is 3.01. The van der Waals surface area contributed by atoms with Crippen molar-refractivity contribution >= 4 is 28.5 Å². The van der Waals surface area contributed by atoms with Crippen LogP contribution in [0.3, 0.4) is 0 Å². The second-order valence-electron chi connectivity index (χ2n) is 3.37. The maximum absolute atomic E-state index is 13.5. The molecule has 0 unspecified atom stereocenters. The number of thiocarbonyl (C=S) groups is 1. The molecule has 2 nitrogen and oxygen atoms in total. The van der Waals surface area contributed by atoms with E-state index in [4.69, 9.17) is 22.7 Å². The van der Waals surface area contributed by atoms with Crippen molar-refractivity contribution in [2.24, 2.45) is 5.73 Å². The Hall–Kier alpha value is -1.46. The van der Waals surface area contributed by atoms with Crippen molar-refractivity contribution in [1.82, 2.24) is 0 Å². The van der Waals surface area contributed by atoms with Crippen LogP contribution in [0.4, 0.5) is 4.39 Å². The van der Waals surface area contributed by atoms with Gasteiger partial charge in [0.2, 0.25) is 0 Å². The maximum atomic E-state index is 13.5. The number of halogens is 1. The van der Waals surface area contributed by atoms with E-state index in [1.165, 1.54) is 12.1 Å². The number of nitrogens with two attached hydrogens (primary N) is 1. The summed E-state index contributed by atoms with van der Waals surface area (Å²) >= 11 is 6.32. The Morgan fingerprint density at radius 2 is 2.24 bits per heavy atom. The Labute approximate surface area is 108 Å². The molecule has 0 aliphatic rings. The van der Waals surface area contributed by atoms with Crippen molar-refractivity contribution in [1.29, 1.82) is 0 Å². The van der Waals surface area contributed by atoms with Gasteiger partial charge in [-0.2, -0.15) is 0 Å². The molecule has 88 valence electrons. The summed E-state index contributed by atoms with van der Waals surface area (Å²) in [4.78, 5) is 1.14. The number of ether oxygens (including phenoxy) is 1. The van der Waals surface area contributed by atoms with Gasteiger partial charge in [-0.3, -0.25) is 0 Å². The quantitative estimate of drug-likeness (QED) is 0.865. The van der Waals surface area contributed by atoms with Gasteiger partial charge in [-0.25, -0.2) is 4.39 Å². The summed E-state index contributed by atoms with van der Waals surface area (Å²) in [7, 11) is 0. The lowest BCUT2D eigenvalue weighted by molar-refractivity contribution is 0.308.